The molecule has 4 rings (SSSR count). The van der Waals surface area contributed by atoms with Crippen molar-refractivity contribution in [2.45, 2.75) is 0 Å². The predicted octanol–water partition coefficient (Wildman–Crippen LogP) is 2.88. The van der Waals surface area contributed by atoms with Crippen LogP contribution in [-0.4, -0.2) is 19.7 Å². The van der Waals surface area contributed by atoms with E-state index in [-0.39, 0.29) is 0 Å². The third-order valence-corrected chi connectivity index (χ3v) is 3.18. The van der Waals surface area contributed by atoms with Crippen molar-refractivity contribution in [3.8, 4) is 22.8 Å². The number of benzene rings is 1. The molecule has 0 atom stereocenters. The Balaban J connectivity index is 1.81. The number of aromatic nitrogens is 4. The zero-order valence-corrected chi connectivity index (χ0v) is 10.6. The van der Waals surface area contributed by atoms with Crippen LogP contribution in [0.4, 0.5) is 0 Å². The lowest BCUT2D eigenvalue weighted by molar-refractivity contribution is 0.431. The van der Waals surface area contributed by atoms with Crippen LogP contribution in [0.2, 0.25) is 0 Å². The summed E-state index contributed by atoms with van der Waals surface area (Å²) in [7, 11) is 1.95. The first-order valence-electron chi connectivity index (χ1n) is 6.09. The van der Waals surface area contributed by atoms with Gasteiger partial charge in [0.1, 0.15) is 6.26 Å². The number of hydrogen-bond acceptors (Lipinski definition) is 5. The van der Waals surface area contributed by atoms with E-state index in [1.54, 1.807) is 24.9 Å². The summed E-state index contributed by atoms with van der Waals surface area (Å²) in [6.45, 7) is 0. The maximum atomic E-state index is 5.24. The third kappa shape index (κ3) is 1.62. The van der Waals surface area contributed by atoms with E-state index in [9.17, 15) is 0 Å². The van der Waals surface area contributed by atoms with E-state index < -0.39 is 0 Å². The van der Waals surface area contributed by atoms with Crippen LogP contribution < -0.4 is 0 Å². The number of fused-ring (bicyclic) bond motifs is 1. The molecule has 0 spiro atoms. The molecule has 0 unspecified atom stereocenters. The summed E-state index contributed by atoms with van der Waals surface area (Å²) in [6.07, 6.45) is 4.92. The van der Waals surface area contributed by atoms with Gasteiger partial charge in [0.05, 0.1) is 29.2 Å². The highest BCUT2D eigenvalue weighted by Crippen LogP contribution is 2.24. The van der Waals surface area contributed by atoms with E-state index in [4.69, 9.17) is 8.94 Å². The fraction of sp³-hybridized carbons (Fsp3) is 0.0714. The number of hydrogen-bond donors (Lipinski definition) is 0. The van der Waals surface area contributed by atoms with Gasteiger partial charge in [0.2, 0.25) is 5.82 Å². The van der Waals surface area contributed by atoms with E-state index in [0.717, 1.165) is 22.2 Å². The van der Waals surface area contributed by atoms with E-state index >= 15 is 0 Å². The molecule has 6 nitrogen and oxygen atoms in total. The largest absolute Gasteiger partial charge is 0.472 e. The zero-order valence-electron chi connectivity index (χ0n) is 10.6. The molecule has 3 aromatic heterocycles. The highest BCUT2D eigenvalue weighted by Gasteiger charge is 2.12. The van der Waals surface area contributed by atoms with Gasteiger partial charge in [-0.25, -0.2) is 4.98 Å². The Bertz CT molecular complexity index is 874. The summed E-state index contributed by atoms with van der Waals surface area (Å²) >= 11 is 0. The Labute approximate surface area is 113 Å². The molecular formula is C14H10N4O2. The molecule has 4 aromatic rings. The van der Waals surface area contributed by atoms with Crippen LogP contribution in [0.3, 0.4) is 0 Å². The molecule has 20 heavy (non-hydrogen) atoms. The van der Waals surface area contributed by atoms with Crippen LogP contribution in [0.25, 0.3) is 33.9 Å². The van der Waals surface area contributed by atoms with Crippen molar-refractivity contribution in [3.05, 3.63) is 43.1 Å². The zero-order chi connectivity index (χ0) is 13.5. The summed E-state index contributed by atoms with van der Waals surface area (Å²) in [4.78, 5) is 8.66. The van der Waals surface area contributed by atoms with Gasteiger partial charge in [0.25, 0.3) is 5.89 Å². The van der Waals surface area contributed by atoms with Crippen LogP contribution >= 0.6 is 0 Å². The van der Waals surface area contributed by atoms with Gasteiger partial charge < -0.3 is 13.5 Å². The Hall–Kier alpha value is -2.89. The van der Waals surface area contributed by atoms with Crippen LogP contribution in [-0.2, 0) is 7.05 Å². The third-order valence-electron chi connectivity index (χ3n) is 3.18. The molecule has 0 amide bonds. The molecule has 3 heterocycles. The summed E-state index contributed by atoms with van der Waals surface area (Å²) < 4.78 is 12.2. The maximum Gasteiger partial charge on any atom is 0.261 e. The molecule has 0 aliphatic rings. The van der Waals surface area contributed by atoms with Gasteiger partial charge in [-0.1, -0.05) is 5.16 Å². The lowest BCUT2D eigenvalue weighted by Gasteiger charge is -1.97. The van der Waals surface area contributed by atoms with E-state index in [1.807, 2.05) is 29.8 Å². The average Bonchev–Trinajstić information content (AvgIpc) is 3.18. The van der Waals surface area contributed by atoms with Gasteiger partial charge in [-0.05, 0) is 24.3 Å². The van der Waals surface area contributed by atoms with Crippen molar-refractivity contribution in [1.82, 2.24) is 19.7 Å². The fourth-order valence-corrected chi connectivity index (χ4v) is 2.11. The van der Waals surface area contributed by atoms with Crippen LogP contribution in [0.1, 0.15) is 0 Å². The second kappa shape index (κ2) is 4.06. The van der Waals surface area contributed by atoms with Gasteiger partial charge in [-0.3, -0.25) is 0 Å². The summed E-state index contributed by atoms with van der Waals surface area (Å²) in [5.41, 5.74) is 3.62. The first-order chi connectivity index (χ1) is 9.81. The van der Waals surface area contributed by atoms with Gasteiger partial charge >= 0.3 is 0 Å². The normalized spacial score (nSPS) is 11.2. The topological polar surface area (TPSA) is 69.9 Å². The minimum absolute atomic E-state index is 0.443. The Morgan fingerprint density at radius 3 is 2.95 bits per heavy atom. The van der Waals surface area contributed by atoms with Crippen LogP contribution in [0.5, 0.6) is 0 Å². The van der Waals surface area contributed by atoms with Crippen LogP contribution in [0.15, 0.2) is 52.1 Å². The molecule has 6 heteroatoms. The second-order valence-corrected chi connectivity index (χ2v) is 4.49. The second-order valence-electron chi connectivity index (χ2n) is 4.49. The molecule has 0 N–H and O–H groups in total. The number of nitrogens with zero attached hydrogens (tertiary/aromatic N) is 4. The lowest BCUT2D eigenvalue weighted by Crippen LogP contribution is -1.86. The lowest BCUT2D eigenvalue weighted by atomic mass is 10.2. The van der Waals surface area contributed by atoms with Gasteiger partial charge in [-0.2, -0.15) is 4.98 Å². The number of furan rings is 1. The number of imidazole rings is 1. The molecule has 0 saturated carbocycles. The maximum absolute atomic E-state index is 5.24. The summed E-state index contributed by atoms with van der Waals surface area (Å²) in [6, 6.07) is 7.64. The van der Waals surface area contributed by atoms with Crippen molar-refractivity contribution in [1.29, 1.82) is 0 Å². The predicted molar refractivity (Wildman–Crippen MR) is 71.7 cm³/mol. The molecule has 0 bridgehead atoms. The van der Waals surface area contributed by atoms with Gasteiger partial charge in [0, 0.05) is 12.6 Å². The first kappa shape index (κ1) is 11.0. The summed E-state index contributed by atoms with van der Waals surface area (Å²) in [5, 5.41) is 4.01. The number of rotatable bonds is 2. The molecule has 1 aromatic carbocycles. The molecule has 98 valence electrons. The van der Waals surface area contributed by atoms with E-state index in [1.165, 1.54) is 0 Å². The standard InChI is InChI=1S/C14H10N4O2/c1-18-8-15-11-3-2-9(6-12(11)18)13-16-14(20-17-13)10-4-5-19-7-10/h2-8H,1H3. The Kier molecular flexibility index (Phi) is 2.23. The molecular weight excluding hydrogens is 256 g/mol. The Morgan fingerprint density at radius 2 is 2.10 bits per heavy atom. The Morgan fingerprint density at radius 1 is 1.15 bits per heavy atom. The fourth-order valence-electron chi connectivity index (χ4n) is 2.11. The minimum Gasteiger partial charge on any atom is -0.472 e. The quantitative estimate of drug-likeness (QED) is 0.558. The van der Waals surface area contributed by atoms with Crippen LogP contribution in [0, 0.1) is 0 Å². The van der Waals surface area contributed by atoms with Crippen molar-refractivity contribution >= 4 is 11.0 Å². The van der Waals surface area contributed by atoms with Gasteiger partial charge in [-0.15, -0.1) is 0 Å². The molecule has 0 saturated heterocycles. The minimum atomic E-state index is 0.443. The van der Waals surface area contributed by atoms with E-state index in [0.29, 0.717) is 11.7 Å². The van der Waals surface area contributed by atoms with Crippen molar-refractivity contribution in [2.75, 3.05) is 0 Å². The highest BCUT2D eigenvalue weighted by molar-refractivity contribution is 5.80. The van der Waals surface area contributed by atoms with Crippen molar-refractivity contribution < 1.29 is 8.94 Å². The molecule has 0 aliphatic heterocycles. The summed E-state index contributed by atoms with van der Waals surface area (Å²) in [5.74, 6) is 0.989. The van der Waals surface area contributed by atoms with E-state index in [2.05, 4.69) is 15.1 Å². The smallest absolute Gasteiger partial charge is 0.261 e. The van der Waals surface area contributed by atoms with Gasteiger partial charge in [0.15, 0.2) is 0 Å². The van der Waals surface area contributed by atoms with Crippen molar-refractivity contribution in [2.24, 2.45) is 7.05 Å². The molecule has 0 radical (unpaired) electrons. The molecule has 0 fully saturated rings. The number of aryl methyl sites for hydroxylation is 1. The average molecular weight is 266 g/mol. The highest BCUT2D eigenvalue weighted by atomic mass is 16.5. The monoisotopic (exact) mass is 266 g/mol. The first-order valence-corrected chi connectivity index (χ1v) is 6.09. The SMILES string of the molecule is Cn1cnc2ccc(-c3noc(-c4ccoc4)n3)cc21. The molecule has 0 aliphatic carbocycles. The van der Waals surface area contributed by atoms with Crippen molar-refractivity contribution in [3.63, 3.8) is 0 Å².